The number of benzene rings is 2. The van der Waals surface area contributed by atoms with E-state index in [4.69, 9.17) is 44.3 Å². The van der Waals surface area contributed by atoms with Crippen molar-refractivity contribution in [2.45, 2.75) is 26.9 Å². The maximum Gasteiger partial charge on any atom is 0.256 e. The second kappa shape index (κ2) is 10.3. The highest BCUT2D eigenvalue weighted by atomic mass is 35.5. The highest BCUT2D eigenvalue weighted by Crippen LogP contribution is 2.36. The Morgan fingerprint density at radius 1 is 1.16 bits per heavy atom. The maximum atomic E-state index is 12.8. The standard InChI is InChI=1S/C22H22Cl3N3O3/c1-4-31-20-17(24)9-14(10-18(20)30-3)11-26-22(29)19-13(2)27-28(21(19)25)12-15-7-5-6-8-16(15)23/h5-10H,4,11-12H2,1-3H3,(H,26,29). The Labute approximate surface area is 196 Å². The lowest BCUT2D eigenvalue weighted by Crippen LogP contribution is -2.23. The molecule has 0 aliphatic carbocycles. The van der Waals surface area contributed by atoms with Gasteiger partial charge in [0, 0.05) is 11.6 Å². The smallest absolute Gasteiger partial charge is 0.256 e. The Hall–Kier alpha value is -2.41. The van der Waals surface area contributed by atoms with Crippen molar-refractivity contribution in [2.75, 3.05) is 13.7 Å². The van der Waals surface area contributed by atoms with Crippen LogP contribution in [0.5, 0.6) is 11.5 Å². The van der Waals surface area contributed by atoms with E-state index in [1.807, 2.05) is 25.1 Å². The van der Waals surface area contributed by atoms with Gasteiger partial charge in [0.2, 0.25) is 0 Å². The molecule has 0 aliphatic rings. The highest BCUT2D eigenvalue weighted by Gasteiger charge is 2.21. The number of methoxy groups -OCH3 is 1. The van der Waals surface area contributed by atoms with Gasteiger partial charge in [-0.1, -0.05) is 53.0 Å². The van der Waals surface area contributed by atoms with Crippen LogP contribution in [0, 0.1) is 6.92 Å². The molecule has 0 saturated heterocycles. The molecule has 1 amide bonds. The van der Waals surface area contributed by atoms with Crippen LogP contribution in [-0.2, 0) is 13.1 Å². The van der Waals surface area contributed by atoms with Gasteiger partial charge in [-0.05, 0) is 43.2 Å². The van der Waals surface area contributed by atoms with Gasteiger partial charge < -0.3 is 14.8 Å². The van der Waals surface area contributed by atoms with Crippen LogP contribution in [0.2, 0.25) is 15.2 Å². The van der Waals surface area contributed by atoms with Crippen LogP contribution in [0.15, 0.2) is 36.4 Å². The lowest BCUT2D eigenvalue weighted by atomic mass is 10.2. The van der Waals surface area contributed by atoms with E-state index in [1.54, 1.807) is 29.8 Å². The Bertz CT molecular complexity index is 1100. The zero-order valence-electron chi connectivity index (χ0n) is 17.3. The molecule has 6 nitrogen and oxygen atoms in total. The number of rotatable bonds is 8. The fourth-order valence-electron chi connectivity index (χ4n) is 3.13. The van der Waals surface area contributed by atoms with Gasteiger partial charge in [-0.25, -0.2) is 4.68 Å². The first-order valence-corrected chi connectivity index (χ1v) is 10.7. The van der Waals surface area contributed by atoms with Crippen molar-refractivity contribution < 1.29 is 14.3 Å². The van der Waals surface area contributed by atoms with Gasteiger partial charge >= 0.3 is 0 Å². The predicted molar refractivity (Wildman–Crippen MR) is 123 cm³/mol. The zero-order valence-corrected chi connectivity index (χ0v) is 19.6. The molecular formula is C22H22Cl3N3O3. The Morgan fingerprint density at radius 3 is 2.58 bits per heavy atom. The molecule has 0 aliphatic heterocycles. The molecule has 3 aromatic rings. The quantitative estimate of drug-likeness (QED) is 0.458. The predicted octanol–water partition coefficient (Wildman–Crippen LogP) is 5.54. The summed E-state index contributed by atoms with van der Waals surface area (Å²) in [6, 6.07) is 10.9. The zero-order chi connectivity index (χ0) is 22.5. The minimum Gasteiger partial charge on any atom is -0.493 e. The third kappa shape index (κ3) is 5.26. The highest BCUT2D eigenvalue weighted by molar-refractivity contribution is 6.33. The van der Waals surface area contributed by atoms with Crippen molar-refractivity contribution in [3.63, 3.8) is 0 Å². The molecule has 9 heteroatoms. The molecule has 1 aromatic heterocycles. The summed E-state index contributed by atoms with van der Waals surface area (Å²) in [6.07, 6.45) is 0. The van der Waals surface area contributed by atoms with E-state index < -0.39 is 0 Å². The molecule has 1 N–H and O–H groups in total. The third-order valence-electron chi connectivity index (χ3n) is 4.60. The van der Waals surface area contributed by atoms with E-state index in [0.29, 0.717) is 46.0 Å². The van der Waals surface area contributed by atoms with Crippen molar-refractivity contribution in [2.24, 2.45) is 0 Å². The van der Waals surface area contributed by atoms with Crippen LogP contribution >= 0.6 is 34.8 Å². The van der Waals surface area contributed by atoms with Crippen LogP contribution in [0.4, 0.5) is 0 Å². The van der Waals surface area contributed by atoms with Crippen molar-refractivity contribution in [3.8, 4) is 11.5 Å². The average molecular weight is 483 g/mol. The van der Waals surface area contributed by atoms with Crippen LogP contribution in [0.25, 0.3) is 0 Å². The third-order valence-corrected chi connectivity index (χ3v) is 5.63. The Balaban J connectivity index is 1.76. The van der Waals surface area contributed by atoms with E-state index in [0.717, 1.165) is 11.1 Å². The molecule has 164 valence electrons. The summed E-state index contributed by atoms with van der Waals surface area (Å²) in [4.78, 5) is 12.8. The summed E-state index contributed by atoms with van der Waals surface area (Å²) in [6.45, 7) is 4.65. The summed E-state index contributed by atoms with van der Waals surface area (Å²) < 4.78 is 12.4. The van der Waals surface area contributed by atoms with Crippen molar-refractivity contribution >= 4 is 40.7 Å². The second-order valence-electron chi connectivity index (χ2n) is 6.72. The molecule has 0 unspecified atom stereocenters. The topological polar surface area (TPSA) is 65.4 Å². The number of halogens is 3. The Kier molecular flexibility index (Phi) is 7.70. The normalized spacial score (nSPS) is 10.8. The van der Waals surface area contributed by atoms with Crippen LogP contribution in [0.3, 0.4) is 0 Å². The molecule has 0 radical (unpaired) electrons. The molecule has 0 bridgehead atoms. The van der Waals surface area contributed by atoms with Gasteiger partial charge in [0.05, 0.1) is 36.5 Å². The number of nitrogens with one attached hydrogen (secondary N) is 1. The van der Waals surface area contributed by atoms with E-state index in [-0.39, 0.29) is 17.6 Å². The average Bonchev–Trinajstić information content (AvgIpc) is 3.02. The van der Waals surface area contributed by atoms with Crippen LogP contribution in [0.1, 0.15) is 34.1 Å². The number of ether oxygens (including phenoxy) is 2. The fraction of sp³-hybridized carbons (Fsp3) is 0.273. The van der Waals surface area contributed by atoms with Crippen LogP contribution in [-0.4, -0.2) is 29.4 Å². The first-order valence-electron chi connectivity index (χ1n) is 9.59. The number of hydrogen-bond acceptors (Lipinski definition) is 4. The molecule has 0 saturated carbocycles. The van der Waals surface area contributed by atoms with Crippen molar-refractivity contribution in [1.29, 1.82) is 0 Å². The SMILES string of the molecule is CCOc1c(Cl)cc(CNC(=O)c2c(C)nn(Cc3ccccc3Cl)c2Cl)cc1OC. The minimum absolute atomic E-state index is 0.229. The number of carbonyl (C=O) groups is 1. The van der Waals surface area contributed by atoms with Crippen molar-refractivity contribution in [1.82, 2.24) is 15.1 Å². The molecular weight excluding hydrogens is 461 g/mol. The van der Waals surface area contributed by atoms with Gasteiger partial charge in [-0.15, -0.1) is 0 Å². The van der Waals surface area contributed by atoms with Crippen LogP contribution < -0.4 is 14.8 Å². The summed E-state index contributed by atoms with van der Waals surface area (Å²) in [5.74, 6) is 0.638. The van der Waals surface area contributed by atoms with E-state index >= 15 is 0 Å². The largest absolute Gasteiger partial charge is 0.493 e. The van der Waals surface area contributed by atoms with Crippen molar-refractivity contribution in [3.05, 3.63) is 74.0 Å². The van der Waals surface area contributed by atoms with Gasteiger partial charge in [-0.2, -0.15) is 5.10 Å². The number of aromatic nitrogens is 2. The van der Waals surface area contributed by atoms with Gasteiger partial charge in [0.15, 0.2) is 11.5 Å². The summed E-state index contributed by atoms with van der Waals surface area (Å²) in [5, 5.41) is 8.53. The van der Waals surface area contributed by atoms with Gasteiger partial charge in [0.25, 0.3) is 5.91 Å². The summed E-state index contributed by atoms with van der Waals surface area (Å²) in [5.41, 5.74) is 2.46. The first kappa shape index (κ1) is 23.3. The lowest BCUT2D eigenvalue weighted by Gasteiger charge is -2.13. The van der Waals surface area contributed by atoms with E-state index in [2.05, 4.69) is 10.4 Å². The molecule has 0 fully saturated rings. The fourth-order valence-corrected chi connectivity index (χ4v) is 3.94. The minimum atomic E-state index is -0.336. The van der Waals surface area contributed by atoms with Gasteiger partial charge in [-0.3, -0.25) is 4.79 Å². The summed E-state index contributed by atoms with van der Waals surface area (Å²) >= 11 is 19.0. The molecule has 1 heterocycles. The number of nitrogens with zero attached hydrogens (tertiary/aromatic N) is 2. The molecule has 0 spiro atoms. The van der Waals surface area contributed by atoms with E-state index in [9.17, 15) is 4.79 Å². The number of carbonyl (C=O) groups excluding carboxylic acids is 1. The first-order chi connectivity index (χ1) is 14.8. The second-order valence-corrected chi connectivity index (χ2v) is 7.90. The summed E-state index contributed by atoms with van der Waals surface area (Å²) in [7, 11) is 1.53. The Morgan fingerprint density at radius 2 is 1.90 bits per heavy atom. The van der Waals surface area contributed by atoms with E-state index in [1.165, 1.54) is 7.11 Å². The molecule has 31 heavy (non-hydrogen) atoms. The number of aryl methyl sites for hydroxylation is 1. The molecule has 0 atom stereocenters. The maximum absolute atomic E-state index is 12.8. The number of hydrogen-bond donors (Lipinski definition) is 1. The molecule has 2 aromatic carbocycles. The van der Waals surface area contributed by atoms with Gasteiger partial charge in [0.1, 0.15) is 5.15 Å². The monoisotopic (exact) mass is 481 g/mol. The lowest BCUT2D eigenvalue weighted by molar-refractivity contribution is 0.0950. The number of amides is 1. The molecule has 3 rings (SSSR count).